The summed E-state index contributed by atoms with van der Waals surface area (Å²) in [6, 6.07) is 8.61. The number of carboxylic acids is 1. The minimum absolute atomic E-state index is 0.0869. The van der Waals surface area contributed by atoms with Gasteiger partial charge >= 0.3 is 5.97 Å². The van der Waals surface area contributed by atoms with E-state index < -0.39 is 5.97 Å². The average Bonchev–Trinajstić information content (AvgIpc) is 2.39. The molecule has 0 bridgehead atoms. The Labute approximate surface area is 115 Å². The van der Waals surface area contributed by atoms with E-state index in [1.54, 1.807) is 6.07 Å². The van der Waals surface area contributed by atoms with Crippen molar-refractivity contribution in [3.05, 3.63) is 52.7 Å². The molecule has 1 heterocycles. The van der Waals surface area contributed by atoms with E-state index in [0.29, 0.717) is 5.02 Å². The summed E-state index contributed by atoms with van der Waals surface area (Å²) in [4.78, 5) is 11.1. The zero-order valence-corrected chi connectivity index (χ0v) is 10.9. The lowest BCUT2D eigenvalue weighted by Crippen LogP contribution is -2.12. The van der Waals surface area contributed by atoms with Crippen LogP contribution in [0.15, 0.2) is 36.5 Å². The van der Waals surface area contributed by atoms with Gasteiger partial charge in [-0.05, 0) is 30.7 Å². The molecule has 0 aliphatic carbocycles. The molecule has 1 unspecified atom stereocenters. The zero-order valence-electron chi connectivity index (χ0n) is 10.2. The number of hydrogen-bond acceptors (Lipinski definition) is 4. The highest BCUT2D eigenvalue weighted by Crippen LogP contribution is 2.22. The van der Waals surface area contributed by atoms with Crippen LogP contribution in [0.25, 0.3) is 0 Å². The third-order valence-electron chi connectivity index (χ3n) is 2.65. The highest BCUT2D eigenvalue weighted by molar-refractivity contribution is 6.30. The van der Waals surface area contributed by atoms with Gasteiger partial charge < -0.3 is 10.4 Å². The van der Waals surface area contributed by atoms with Gasteiger partial charge in [0.15, 0.2) is 5.82 Å². The molecule has 0 spiro atoms. The van der Waals surface area contributed by atoms with Crippen LogP contribution in [-0.2, 0) is 0 Å². The molecule has 0 amide bonds. The summed E-state index contributed by atoms with van der Waals surface area (Å²) in [5.41, 5.74) is 1.03. The van der Waals surface area contributed by atoms with Gasteiger partial charge in [0.2, 0.25) is 0 Å². The third kappa shape index (κ3) is 3.20. The number of carboxylic acid groups (broad SMARTS) is 1. The standard InChI is InChI=1S/C13H12ClN3O2/c1-8(9-3-2-4-10(14)7-9)16-12-11(13(18)19)5-6-15-17-12/h2-8H,1H3,(H,16,17)(H,18,19). The molecule has 0 aliphatic rings. The highest BCUT2D eigenvalue weighted by Gasteiger charge is 2.14. The highest BCUT2D eigenvalue weighted by atomic mass is 35.5. The molecule has 0 saturated carbocycles. The molecule has 19 heavy (non-hydrogen) atoms. The quantitative estimate of drug-likeness (QED) is 0.898. The van der Waals surface area contributed by atoms with Crippen LogP contribution in [0, 0.1) is 0 Å². The molecule has 1 atom stereocenters. The van der Waals surface area contributed by atoms with Crippen LogP contribution >= 0.6 is 11.6 Å². The van der Waals surface area contributed by atoms with E-state index in [9.17, 15) is 4.79 Å². The van der Waals surface area contributed by atoms with Gasteiger partial charge in [-0.2, -0.15) is 5.10 Å². The fraction of sp³-hybridized carbons (Fsp3) is 0.154. The van der Waals surface area contributed by atoms with Crippen molar-refractivity contribution < 1.29 is 9.90 Å². The molecule has 2 N–H and O–H groups in total. The average molecular weight is 278 g/mol. The predicted molar refractivity (Wildman–Crippen MR) is 72.5 cm³/mol. The van der Waals surface area contributed by atoms with Gasteiger partial charge in [-0.1, -0.05) is 23.7 Å². The molecule has 0 saturated heterocycles. The van der Waals surface area contributed by atoms with Crippen molar-refractivity contribution in [3.8, 4) is 0 Å². The summed E-state index contributed by atoms with van der Waals surface area (Å²) in [5, 5.41) is 20.2. The van der Waals surface area contributed by atoms with Crippen LogP contribution in [0.1, 0.15) is 28.9 Å². The van der Waals surface area contributed by atoms with Crippen LogP contribution < -0.4 is 5.32 Å². The van der Waals surface area contributed by atoms with Crippen molar-refractivity contribution in [2.75, 3.05) is 5.32 Å². The lowest BCUT2D eigenvalue weighted by atomic mass is 10.1. The molecular weight excluding hydrogens is 266 g/mol. The predicted octanol–water partition coefficient (Wildman–Crippen LogP) is 3.00. The molecule has 98 valence electrons. The first kappa shape index (κ1) is 13.3. The van der Waals surface area contributed by atoms with Crippen LogP contribution in [0.4, 0.5) is 5.82 Å². The smallest absolute Gasteiger partial charge is 0.339 e. The summed E-state index contributed by atoms with van der Waals surface area (Å²) >= 11 is 5.92. The lowest BCUT2D eigenvalue weighted by molar-refractivity contribution is 0.0697. The maximum Gasteiger partial charge on any atom is 0.339 e. The van der Waals surface area contributed by atoms with Gasteiger partial charge in [0.25, 0.3) is 0 Å². The van der Waals surface area contributed by atoms with Crippen LogP contribution in [0.5, 0.6) is 0 Å². The number of nitrogens with zero attached hydrogens (tertiary/aromatic N) is 2. The Morgan fingerprint density at radius 3 is 2.89 bits per heavy atom. The number of hydrogen-bond donors (Lipinski definition) is 2. The lowest BCUT2D eigenvalue weighted by Gasteiger charge is -2.15. The largest absolute Gasteiger partial charge is 0.478 e. The van der Waals surface area contributed by atoms with Gasteiger partial charge in [-0.25, -0.2) is 4.79 Å². The van der Waals surface area contributed by atoms with Crippen molar-refractivity contribution in [2.24, 2.45) is 0 Å². The van der Waals surface area contributed by atoms with Crippen molar-refractivity contribution in [1.82, 2.24) is 10.2 Å². The Balaban J connectivity index is 2.24. The van der Waals surface area contributed by atoms with E-state index >= 15 is 0 Å². The molecule has 2 aromatic rings. The molecule has 0 radical (unpaired) electrons. The molecule has 2 rings (SSSR count). The number of aromatic nitrogens is 2. The second-order valence-electron chi connectivity index (χ2n) is 4.02. The van der Waals surface area contributed by atoms with Crippen LogP contribution in [-0.4, -0.2) is 21.3 Å². The number of carbonyl (C=O) groups is 1. The number of nitrogens with one attached hydrogen (secondary N) is 1. The Hall–Kier alpha value is -2.14. The zero-order chi connectivity index (χ0) is 13.8. The first-order valence-corrected chi connectivity index (χ1v) is 6.02. The second-order valence-corrected chi connectivity index (χ2v) is 4.46. The van der Waals surface area contributed by atoms with E-state index in [1.165, 1.54) is 12.3 Å². The number of benzene rings is 1. The van der Waals surface area contributed by atoms with Crippen LogP contribution in [0.2, 0.25) is 5.02 Å². The third-order valence-corrected chi connectivity index (χ3v) is 2.89. The fourth-order valence-electron chi connectivity index (χ4n) is 1.68. The maximum absolute atomic E-state index is 11.1. The van der Waals surface area contributed by atoms with E-state index in [2.05, 4.69) is 15.5 Å². The van der Waals surface area contributed by atoms with Gasteiger partial charge in [-0.3, -0.25) is 0 Å². The fourth-order valence-corrected chi connectivity index (χ4v) is 1.87. The van der Waals surface area contributed by atoms with Crippen molar-refractivity contribution >= 4 is 23.4 Å². The summed E-state index contributed by atoms with van der Waals surface area (Å²) in [6.07, 6.45) is 1.35. The number of anilines is 1. The van der Waals surface area contributed by atoms with Gasteiger partial charge in [0.05, 0.1) is 12.2 Å². The van der Waals surface area contributed by atoms with Gasteiger partial charge in [0.1, 0.15) is 5.56 Å². The molecule has 6 heteroatoms. The number of halogens is 1. The summed E-state index contributed by atoms with van der Waals surface area (Å²) in [7, 11) is 0. The molecule has 5 nitrogen and oxygen atoms in total. The van der Waals surface area contributed by atoms with Gasteiger partial charge in [-0.15, -0.1) is 5.10 Å². The van der Waals surface area contributed by atoms with Crippen molar-refractivity contribution in [1.29, 1.82) is 0 Å². The second kappa shape index (κ2) is 5.67. The minimum atomic E-state index is -1.05. The van der Waals surface area contributed by atoms with Crippen molar-refractivity contribution in [3.63, 3.8) is 0 Å². The molecule has 0 aliphatic heterocycles. The topological polar surface area (TPSA) is 75.1 Å². The normalized spacial score (nSPS) is 11.9. The van der Waals surface area contributed by atoms with E-state index in [0.717, 1.165) is 5.56 Å². The first-order valence-electron chi connectivity index (χ1n) is 5.65. The number of aromatic carboxylic acids is 1. The van der Waals surface area contributed by atoms with Crippen molar-refractivity contribution in [2.45, 2.75) is 13.0 Å². The SMILES string of the molecule is CC(Nc1nnccc1C(=O)O)c1cccc(Cl)c1. The summed E-state index contributed by atoms with van der Waals surface area (Å²) in [6.45, 7) is 1.89. The number of rotatable bonds is 4. The first-order chi connectivity index (χ1) is 9.08. The maximum atomic E-state index is 11.1. The Morgan fingerprint density at radius 1 is 1.42 bits per heavy atom. The van der Waals surface area contributed by atoms with Crippen LogP contribution in [0.3, 0.4) is 0 Å². The molecule has 1 aromatic heterocycles. The monoisotopic (exact) mass is 277 g/mol. The summed E-state index contributed by atoms with van der Waals surface area (Å²) < 4.78 is 0. The van der Waals surface area contributed by atoms with E-state index in [-0.39, 0.29) is 17.4 Å². The Bertz CT molecular complexity index is 604. The minimum Gasteiger partial charge on any atom is -0.478 e. The molecule has 1 aromatic carbocycles. The van der Waals surface area contributed by atoms with Gasteiger partial charge in [0, 0.05) is 5.02 Å². The molecule has 0 fully saturated rings. The Morgan fingerprint density at radius 2 is 2.21 bits per heavy atom. The van der Waals surface area contributed by atoms with E-state index in [1.807, 2.05) is 25.1 Å². The summed E-state index contributed by atoms with van der Waals surface area (Å²) in [5.74, 6) is -0.807. The molecular formula is C13H12ClN3O2. The van der Waals surface area contributed by atoms with E-state index in [4.69, 9.17) is 16.7 Å². The Kier molecular flexibility index (Phi) is 3.97.